The summed E-state index contributed by atoms with van der Waals surface area (Å²) in [6, 6.07) is 7.69. The number of amides is 1. The van der Waals surface area contributed by atoms with Gasteiger partial charge in [0, 0.05) is 24.8 Å². The van der Waals surface area contributed by atoms with Gasteiger partial charge in [0.1, 0.15) is 11.3 Å². The lowest BCUT2D eigenvalue weighted by Crippen LogP contribution is -2.32. The average Bonchev–Trinajstić information content (AvgIpc) is 3.42. The first kappa shape index (κ1) is 23.6. The van der Waals surface area contributed by atoms with Gasteiger partial charge in [-0.3, -0.25) is 4.79 Å². The molecule has 10 heteroatoms. The van der Waals surface area contributed by atoms with Gasteiger partial charge in [-0.05, 0) is 30.2 Å². The first-order valence-corrected chi connectivity index (χ1v) is 10.9. The maximum Gasteiger partial charge on any atom is 0.269 e. The Morgan fingerprint density at radius 1 is 1.21 bits per heavy atom. The van der Waals surface area contributed by atoms with E-state index in [1.54, 1.807) is 6.33 Å². The predicted octanol–water partition coefficient (Wildman–Crippen LogP) is 1.95. The third-order valence-electron chi connectivity index (χ3n) is 5.03. The molecular formula is C23H31N9O. The number of hydrogen-bond acceptors (Lipinski definition) is 7. The van der Waals surface area contributed by atoms with Gasteiger partial charge in [-0.1, -0.05) is 26.8 Å². The highest BCUT2D eigenvalue weighted by Crippen LogP contribution is 2.22. The smallest absolute Gasteiger partial charge is 0.269 e. The fourth-order valence-electron chi connectivity index (χ4n) is 3.46. The van der Waals surface area contributed by atoms with Crippen molar-refractivity contribution >= 4 is 22.8 Å². The van der Waals surface area contributed by atoms with Gasteiger partial charge < -0.3 is 30.6 Å². The minimum atomic E-state index is -0.447. The lowest BCUT2D eigenvalue weighted by molar-refractivity contribution is -0.117. The van der Waals surface area contributed by atoms with Crippen LogP contribution in [-0.2, 0) is 24.3 Å². The molecule has 33 heavy (non-hydrogen) atoms. The predicted molar refractivity (Wildman–Crippen MR) is 129 cm³/mol. The summed E-state index contributed by atoms with van der Waals surface area (Å²) in [7, 11) is 0. The minimum absolute atomic E-state index is 0.0167. The molecule has 0 saturated carbocycles. The van der Waals surface area contributed by atoms with Crippen molar-refractivity contribution in [1.29, 1.82) is 0 Å². The number of nitrogen functional groups attached to an aromatic ring is 1. The van der Waals surface area contributed by atoms with E-state index in [2.05, 4.69) is 15.3 Å². The maximum atomic E-state index is 12.4. The van der Waals surface area contributed by atoms with Crippen LogP contribution in [0.2, 0.25) is 0 Å². The van der Waals surface area contributed by atoms with Crippen LogP contribution in [0, 0.1) is 0 Å². The minimum Gasteiger partial charge on any atom is -0.397 e. The van der Waals surface area contributed by atoms with Crippen LogP contribution in [0.4, 0.5) is 5.69 Å². The van der Waals surface area contributed by atoms with Crippen molar-refractivity contribution in [1.82, 2.24) is 29.1 Å². The van der Waals surface area contributed by atoms with E-state index in [0.29, 0.717) is 17.9 Å². The number of imidazole rings is 2. The zero-order valence-electron chi connectivity index (χ0n) is 19.2. The first-order valence-electron chi connectivity index (χ1n) is 10.9. The Labute approximate surface area is 192 Å². The monoisotopic (exact) mass is 449 g/mol. The molecule has 7 N–H and O–H groups in total. The molecule has 0 aliphatic heterocycles. The van der Waals surface area contributed by atoms with Crippen LogP contribution in [0.15, 0.2) is 61.1 Å². The number of hydrogen-bond donors (Lipinski definition) is 4. The highest BCUT2D eigenvalue weighted by atomic mass is 16.2. The number of carbonyl (C=O) groups excluding carboxylic acids is 1. The zero-order chi connectivity index (χ0) is 24.0. The van der Waals surface area contributed by atoms with E-state index in [1.807, 2.05) is 72.4 Å². The van der Waals surface area contributed by atoms with Gasteiger partial charge in [0.25, 0.3) is 5.91 Å². The molecule has 0 saturated heterocycles. The van der Waals surface area contributed by atoms with Crippen LogP contribution in [-0.4, -0.2) is 29.7 Å². The lowest BCUT2D eigenvalue weighted by atomic mass is 10.1. The average molecular weight is 450 g/mol. The molecule has 174 valence electrons. The van der Waals surface area contributed by atoms with Crippen molar-refractivity contribution in [2.75, 3.05) is 5.73 Å². The second kappa shape index (κ2) is 10.5. The van der Waals surface area contributed by atoms with Gasteiger partial charge in [0.15, 0.2) is 0 Å². The number of nitrogens with zero attached hydrogens (tertiary/aromatic N) is 5. The quantitative estimate of drug-likeness (QED) is 0.192. The second-order valence-electron chi connectivity index (χ2n) is 7.19. The Hall–Kier alpha value is -4.05. The molecular weight excluding hydrogens is 418 g/mol. The van der Waals surface area contributed by atoms with Crippen molar-refractivity contribution < 1.29 is 4.79 Å². The number of pyridine rings is 2. The topological polar surface area (TPSA) is 145 Å². The second-order valence-corrected chi connectivity index (χ2v) is 7.19. The number of rotatable bonds is 7. The highest BCUT2D eigenvalue weighted by Gasteiger charge is 2.13. The van der Waals surface area contributed by atoms with E-state index < -0.39 is 5.91 Å². The van der Waals surface area contributed by atoms with Crippen LogP contribution in [0.25, 0.3) is 11.2 Å². The molecule has 0 aliphatic rings. The van der Waals surface area contributed by atoms with Gasteiger partial charge in [-0.2, -0.15) is 0 Å². The van der Waals surface area contributed by atoms with Crippen LogP contribution >= 0.6 is 0 Å². The van der Waals surface area contributed by atoms with Crippen molar-refractivity contribution in [3.05, 3.63) is 78.0 Å². The van der Waals surface area contributed by atoms with Gasteiger partial charge in [0.05, 0.1) is 42.0 Å². The molecule has 0 aliphatic carbocycles. The normalized spacial score (nSPS) is 11.3. The highest BCUT2D eigenvalue weighted by molar-refractivity contribution is 5.92. The fraction of sp³-hybridized carbons (Fsp3) is 0.261. The van der Waals surface area contributed by atoms with E-state index in [9.17, 15) is 4.79 Å². The van der Waals surface area contributed by atoms with E-state index >= 15 is 0 Å². The summed E-state index contributed by atoms with van der Waals surface area (Å²) < 4.78 is 3.74. The molecule has 1 amide bonds. The number of aromatic nitrogens is 4. The number of nitrogens with two attached hydrogens (primary N) is 3. The number of fused-ring (bicyclic) bond motifs is 2. The zero-order valence-corrected chi connectivity index (χ0v) is 19.2. The van der Waals surface area contributed by atoms with Crippen LogP contribution in [0.1, 0.15) is 37.7 Å². The number of carbonyl (C=O) groups is 1. The van der Waals surface area contributed by atoms with Crippen molar-refractivity contribution in [2.24, 2.45) is 11.6 Å². The van der Waals surface area contributed by atoms with Gasteiger partial charge >= 0.3 is 0 Å². The van der Waals surface area contributed by atoms with E-state index in [0.717, 1.165) is 28.8 Å². The molecule has 0 bridgehead atoms. The van der Waals surface area contributed by atoms with Crippen LogP contribution < -0.4 is 22.6 Å². The van der Waals surface area contributed by atoms with E-state index in [1.165, 1.54) is 11.2 Å². The summed E-state index contributed by atoms with van der Waals surface area (Å²) in [6.45, 7) is 6.53. The first-order chi connectivity index (χ1) is 16.0. The summed E-state index contributed by atoms with van der Waals surface area (Å²) in [5.74, 6) is 5.55. The fourth-order valence-corrected chi connectivity index (χ4v) is 3.46. The number of nitrogens with one attached hydrogen (secondary N) is 1. The summed E-state index contributed by atoms with van der Waals surface area (Å²) in [6.07, 6.45) is 9.55. The third-order valence-corrected chi connectivity index (χ3v) is 5.03. The van der Waals surface area contributed by atoms with Gasteiger partial charge in [-0.25, -0.2) is 15.8 Å². The van der Waals surface area contributed by atoms with Crippen molar-refractivity contribution in [2.45, 2.75) is 40.3 Å². The molecule has 0 spiro atoms. The van der Waals surface area contributed by atoms with Crippen molar-refractivity contribution in [3.63, 3.8) is 0 Å². The van der Waals surface area contributed by atoms with Crippen LogP contribution in [0.3, 0.4) is 0 Å². The Kier molecular flexibility index (Phi) is 7.52. The maximum absolute atomic E-state index is 12.4. The Bertz CT molecular complexity index is 1240. The molecule has 4 aromatic rings. The molecule has 0 unspecified atom stereocenters. The largest absolute Gasteiger partial charge is 0.397 e. The SMILES string of the molecule is CC.CCc1ccn2cnc(CNC(=O)/C(N)=C/N(N)Cc3cn4ccccc4n3)c2c1N. The molecule has 0 aromatic carbocycles. The summed E-state index contributed by atoms with van der Waals surface area (Å²) in [5.41, 5.74) is 16.9. The molecule has 4 aromatic heterocycles. The van der Waals surface area contributed by atoms with E-state index in [-0.39, 0.29) is 12.2 Å². The summed E-state index contributed by atoms with van der Waals surface area (Å²) >= 11 is 0. The lowest BCUT2D eigenvalue weighted by Gasteiger charge is -2.13. The summed E-state index contributed by atoms with van der Waals surface area (Å²) in [5, 5.41) is 4.09. The molecule has 4 heterocycles. The molecule has 0 atom stereocenters. The van der Waals surface area contributed by atoms with E-state index in [4.69, 9.17) is 17.3 Å². The van der Waals surface area contributed by atoms with Gasteiger partial charge in [0.2, 0.25) is 0 Å². The molecule has 10 nitrogen and oxygen atoms in total. The number of hydrazine groups is 1. The molecule has 0 radical (unpaired) electrons. The summed E-state index contributed by atoms with van der Waals surface area (Å²) in [4.78, 5) is 21.3. The Morgan fingerprint density at radius 3 is 2.73 bits per heavy atom. The Morgan fingerprint density at radius 2 is 2.00 bits per heavy atom. The number of anilines is 1. The Balaban J connectivity index is 0.00000149. The van der Waals surface area contributed by atoms with Gasteiger partial charge in [-0.15, -0.1) is 0 Å². The van der Waals surface area contributed by atoms with Crippen LogP contribution in [0.5, 0.6) is 0 Å². The standard InChI is InChI=1S/C21H25N9O.C2H6/c1-2-14-6-8-29-13-26-17(20(29)19(14)23)9-25-21(31)16(22)12-30(24)11-15-10-28-7-4-3-5-18(28)27-15;1-2/h3-8,10,12-13H,2,9,11,22-24H2,1H3,(H,25,31);1-2H3/b16-12-;. The molecule has 4 rings (SSSR count). The third kappa shape index (κ3) is 5.24. The number of aryl methyl sites for hydroxylation is 1. The molecule has 0 fully saturated rings. The van der Waals surface area contributed by atoms with Crippen molar-refractivity contribution in [3.8, 4) is 0 Å².